The molecule has 0 unspecified atom stereocenters. The van der Waals surface area contributed by atoms with E-state index in [1.54, 1.807) is 18.3 Å². The van der Waals surface area contributed by atoms with Crippen LogP contribution in [0, 0.1) is 0 Å². The van der Waals surface area contributed by atoms with Crippen LogP contribution in [-0.2, 0) is 0 Å². The topological polar surface area (TPSA) is 61.8 Å². The van der Waals surface area contributed by atoms with E-state index in [4.69, 9.17) is 4.74 Å². The Kier molecular flexibility index (Phi) is 2.74. The van der Waals surface area contributed by atoms with Crippen LogP contribution in [0.15, 0.2) is 21.8 Å². The Morgan fingerprint density at radius 1 is 1.53 bits per heavy atom. The number of methoxy groups -OCH3 is 1. The molecule has 7 heteroatoms. The molecule has 0 amide bonds. The highest BCUT2D eigenvalue weighted by molar-refractivity contribution is 9.10. The number of amidine groups is 1. The monoisotopic (exact) mass is 271 g/mol. The Morgan fingerprint density at radius 2 is 2.33 bits per heavy atom. The first-order chi connectivity index (χ1) is 7.22. The van der Waals surface area contributed by atoms with Crippen molar-refractivity contribution in [2.24, 2.45) is 5.10 Å². The Bertz CT molecular complexity index is 408. The van der Waals surface area contributed by atoms with Gasteiger partial charge in [0.1, 0.15) is 0 Å². The molecule has 0 radical (unpaired) electrons. The SMILES string of the molecule is COc1ncc(Br)cc1C1=NNNN1C. The van der Waals surface area contributed by atoms with Gasteiger partial charge in [-0.25, -0.2) is 10.5 Å². The van der Waals surface area contributed by atoms with Crippen molar-refractivity contribution in [3.8, 4) is 5.88 Å². The van der Waals surface area contributed by atoms with Gasteiger partial charge in [-0.1, -0.05) is 0 Å². The first-order valence-electron chi connectivity index (χ1n) is 4.24. The fourth-order valence-electron chi connectivity index (χ4n) is 1.27. The summed E-state index contributed by atoms with van der Waals surface area (Å²) in [7, 11) is 3.43. The van der Waals surface area contributed by atoms with Gasteiger partial charge in [-0.05, 0) is 22.0 Å². The molecule has 0 saturated heterocycles. The molecular formula is C8H10BrN5O. The summed E-state index contributed by atoms with van der Waals surface area (Å²) < 4.78 is 6.04. The second-order valence-electron chi connectivity index (χ2n) is 2.93. The molecule has 0 saturated carbocycles. The number of rotatable bonds is 2. The summed E-state index contributed by atoms with van der Waals surface area (Å²) in [6.45, 7) is 0. The minimum absolute atomic E-state index is 0.536. The van der Waals surface area contributed by atoms with Crippen molar-refractivity contribution < 1.29 is 4.74 Å². The summed E-state index contributed by atoms with van der Waals surface area (Å²) in [4.78, 5) is 4.14. The number of hydrogen-bond acceptors (Lipinski definition) is 6. The van der Waals surface area contributed by atoms with Crippen LogP contribution in [0.3, 0.4) is 0 Å². The number of pyridine rings is 1. The number of aromatic nitrogens is 1. The van der Waals surface area contributed by atoms with Gasteiger partial charge in [-0.3, -0.25) is 5.01 Å². The zero-order valence-corrected chi connectivity index (χ0v) is 9.87. The molecule has 6 nitrogen and oxygen atoms in total. The van der Waals surface area contributed by atoms with E-state index in [1.165, 1.54) is 0 Å². The summed E-state index contributed by atoms with van der Waals surface area (Å²) in [6.07, 6.45) is 1.68. The molecule has 2 heterocycles. The summed E-state index contributed by atoms with van der Waals surface area (Å²) in [5, 5.41) is 5.82. The first kappa shape index (κ1) is 10.2. The van der Waals surface area contributed by atoms with Gasteiger partial charge in [0.05, 0.1) is 12.7 Å². The van der Waals surface area contributed by atoms with Crippen LogP contribution in [0.4, 0.5) is 0 Å². The van der Waals surface area contributed by atoms with E-state index in [1.807, 2.05) is 13.1 Å². The fraction of sp³-hybridized carbons (Fsp3) is 0.250. The minimum atomic E-state index is 0.536. The van der Waals surface area contributed by atoms with Gasteiger partial charge in [-0.2, -0.15) is 0 Å². The fourth-order valence-corrected chi connectivity index (χ4v) is 1.60. The maximum atomic E-state index is 5.17. The van der Waals surface area contributed by atoms with Crippen molar-refractivity contribution >= 4 is 21.8 Å². The van der Waals surface area contributed by atoms with Gasteiger partial charge < -0.3 is 4.74 Å². The van der Waals surface area contributed by atoms with E-state index in [-0.39, 0.29) is 0 Å². The summed E-state index contributed by atoms with van der Waals surface area (Å²) in [5.41, 5.74) is 6.29. The zero-order chi connectivity index (χ0) is 10.8. The standard InChI is InChI=1S/C8H10BrN5O/c1-14-7(11-12-13-14)6-3-5(9)4-10-8(6)15-2/h3-4,12-13H,1-2H3. The minimum Gasteiger partial charge on any atom is -0.480 e. The molecule has 1 aromatic heterocycles. The van der Waals surface area contributed by atoms with Gasteiger partial charge >= 0.3 is 0 Å². The van der Waals surface area contributed by atoms with Crippen molar-refractivity contribution in [3.05, 3.63) is 22.3 Å². The van der Waals surface area contributed by atoms with Crippen LogP contribution in [0.5, 0.6) is 5.88 Å². The van der Waals surface area contributed by atoms with Crippen LogP contribution < -0.4 is 15.8 Å². The van der Waals surface area contributed by atoms with Crippen molar-refractivity contribution in [2.75, 3.05) is 14.2 Å². The van der Waals surface area contributed by atoms with Gasteiger partial charge in [0.25, 0.3) is 0 Å². The highest BCUT2D eigenvalue weighted by Gasteiger charge is 2.19. The number of halogens is 1. The predicted molar refractivity (Wildman–Crippen MR) is 59.1 cm³/mol. The molecule has 0 fully saturated rings. The molecule has 0 atom stereocenters. The molecule has 15 heavy (non-hydrogen) atoms. The first-order valence-corrected chi connectivity index (χ1v) is 5.03. The molecule has 1 aromatic rings. The van der Waals surface area contributed by atoms with Gasteiger partial charge in [-0.15, -0.1) is 10.6 Å². The maximum absolute atomic E-state index is 5.17. The Balaban J connectivity index is 2.46. The largest absolute Gasteiger partial charge is 0.480 e. The molecule has 0 bridgehead atoms. The predicted octanol–water partition coefficient (Wildman–Crippen LogP) is 0.469. The number of ether oxygens (including phenoxy) is 1. The van der Waals surface area contributed by atoms with Crippen LogP contribution in [0.1, 0.15) is 5.56 Å². The maximum Gasteiger partial charge on any atom is 0.224 e. The molecule has 2 rings (SSSR count). The smallest absolute Gasteiger partial charge is 0.224 e. The lowest BCUT2D eigenvalue weighted by atomic mass is 10.2. The van der Waals surface area contributed by atoms with Crippen LogP contribution in [-0.4, -0.2) is 30.0 Å². The third-order valence-corrected chi connectivity index (χ3v) is 2.38. The molecule has 80 valence electrons. The van der Waals surface area contributed by atoms with Crippen molar-refractivity contribution in [1.29, 1.82) is 0 Å². The number of hydrazine groups is 2. The molecule has 0 aromatic carbocycles. The van der Waals surface area contributed by atoms with E-state index in [0.29, 0.717) is 5.88 Å². The van der Waals surface area contributed by atoms with Crippen molar-refractivity contribution in [1.82, 2.24) is 21.1 Å². The van der Waals surface area contributed by atoms with Gasteiger partial charge in [0.15, 0.2) is 5.84 Å². The van der Waals surface area contributed by atoms with Crippen LogP contribution in [0.2, 0.25) is 0 Å². The average Bonchev–Trinajstić information content (AvgIpc) is 2.64. The Labute approximate surface area is 95.4 Å². The average molecular weight is 272 g/mol. The van der Waals surface area contributed by atoms with E-state index in [2.05, 4.69) is 37.1 Å². The number of hydrazone groups is 1. The summed E-state index contributed by atoms with van der Waals surface area (Å²) in [5.74, 6) is 1.26. The summed E-state index contributed by atoms with van der Waals surface area (Å²) >= 11 is 3.36. The Hall–Kier alpha value is -1.34. The van der Waals surface area contributed by atoms with Crippen LogP contribution in [0.25, 0.3) is 0 Å². The highest BCUT2D eigenvalue weighted by Crippen LogP contribution is 2.21. The number of hydrogen-bond donors (Lipinski definition) is 2. The lowest BCUT2D eigenvalue weighted by molar-refractivity contribution is 0.346. The van der Waals surface area contributed by atoms with E-state index in [0.717, 1.165) is 15.9 Å². The molecular weight excluding hydrogens is 262 g/mol. The van der Waals surface area contributed by atoms with Crippen LogP contribution >= 0.6 is 15.9 Å². The normalized spacial score (nSPS) is 14.9. The Morgan fingerprint density at radius 3 is 2.93 bits per heavy atom. The van der Waals surface area contributed by atoms with E-state index >= 15 is 0 Å². The third-order valence-electron chi connectivity index (χ3n) is 1.95. The lowest BCUT2D eigenvalue weighted by Crippen LogP contribution is -2.37. The second-order valence-corrected chi connectivity index (χ2v) is 3.84. The van der Waals surface area contributed by atoms with Gasteiger partial charge in [0.2, 0.25) is 5.88 Å². The zero-order valence-electron chi connectivity index (χ0n) is 8.28. The van der Waals surface area contributed by atoms with Crippen molar-refractivity contribution in [2.45, 2.75) is 0 Å². The quantitative estimate of drug-likeness (QED) is 0.819. The van der Waals surface area contributed by atoms with Crippen molar-refractivity contribution in [3.63, 3.8) is 0 Å². The number of nitrogens with one attached hydrogen (secondary N) is 2. The molecule has 1 aliphatic heterocycles. The third kappa shape index (κ3) is 1.88. The molecule has 0 aliphatic carbocycles. The molecule has 2 N–H and O–H groups in total. The lowest BCUT2D eigenvalue weighted by Gasteiger charge is -2.14. The van der Waals surface area contributed by atoms with E-state index in [9.17, 15) is 0 Å². The summed E-state index contributed by atoms with van der Waals surface area (Å²) in [6, 6.07) is 1.90. The second kappa shape index (κ2) is 4.03. The molecule has 1 aliphatic rings. The number of nitrogens with zero attached hydrogens (tertiary/aromatic N) is 3. The molecule has 0 spiro atoms. The van der Waals surface area contributed by atoms with Gasteiger partial charge in [0, 0.05) is 17.7 Å². The van der Waals surface area contributed by atoms with E-state index < -0.39 is 0 Å². The highest BCUT2D eigenvalue weighted by atomic mass is 79.9.